The Morgan fingerprint density at radius 1 is 1.19 bits per heavy atom. The summed E-state index contributed by atoms with van der Waals surface area (Å²) in [6, 6.07) is 9.63. The minimum Gasteiger partial charge on any atom is -0.294 e. The highest BCUT2D eigenvalue weighted by molar-refractivity contribution is 7.98. The molecule has 3 nitrogen and oxygen atoms in total. The molecule has 0 N–H and O–H groups in total. The van der Waals surface area contributed by atoms with E-state index in [4.69, 9.17) is 0 Å². The van der Waals surface area contributed by atoms with Crippen LogP contribution in [0.1, 0.15) is 35.3 Å². The molecule has 21 heavy (non-hydrogen) atoms. The summed E-state index contributed by atoms with van der Waals surface area (Å²) in [5.41, 5.74) is 4.22. The van der Waals surface area contributed by atoms with Gasteiger partial charge in [0, 0.05) is 23.0 Å². The number of hydrogen-bond acceptors (Lipinski definition) is 4. The van der Waals surface area contributed by atoms with Crippen LogP contribution in [0.2, 0.25) is 0 Å². The van der Waals surface area contributed by atoms with E-state index in [9.17, 15) is 4.79 Å². The van der Waals surface area contributed by atoms with Crippen molar-refractivity contribution in [2.45, 2.75) is 25.8 Å². The molecule has 0 spiro atoms. The van der Waals surface area contributed by atoms with Crippen molar-refractivity contribution in [3.8, 4) is 0 Å². The molecular weight excluding hydrogens is 280 g/mol. The van der Waals surface area contributed by atoms with E-state index in [1.165, 1.54) is 0 Å². The van der Waals surface area contributed by atoms with Gasteiger partial charge < -0.3 is 0 Å². The predicted molar refractivity (Wildman–Crippen MR) is 89.1 cm³/mol. The molecule has 0 radical (unpaired) electrons. The Balaban J connectivity index is 2.54. The molecule has 0 aliphatic rings. The van der Waals surface area contributed by atoms with Gasteiger partial charge in [0.15, 0.2) is 5.78 Å². The lowest BCUT2D eigenvalue weighted by atomic mass is 10.0. The number of pyridine rings is 1. The second kappa shape index (κ2) is 6.68. The number of rotatable bonds is 4. The molecule has 0 saturated heterocycles. The first-order valence-electron chi connectivity index (χ1n) is 6.69. The Morgan fingerprint density at radius 2 is 1.95 bits per heavy atom. The van der Waals surface area contributed by atoms with Crippen molar-refractivity contribution in [3.63, 3.8) is 0 Å². The summed E-state index contributed by atoms with van der Waals surface area (Å²) >= 11 is 1.59. The number of aliphatic imine (C=N–C) groups is 1. The van der Waals surface area contributed by atoms with Crippen LogP contribution < -0.4 is 0 Å². The molecule has 0 aliphatic heterocycles. The van der Waals surface area contributed by atoms with E-state index in [0.29, 0.717) is 5.56 Å². The third-order valence-corrected chi connectivity index (χ3v) is 3.96. The smallest absolute Gasteiger partial charge is 0.162 e. The molecule has 2 aromatic rings. The van der Waals surface area contributed by atoms with Gasteiger partial charge in [-0.05, 0) is 50.8 Å². The van der Waals surface area contributed by atoms with E-state index in [2.05, 4.69) is 9.98 Å². The molecular formula is C17H18N2OS. The van der Waals surface area contributed by atoms with Crippen molar-refractivity contribution >= 4 is 28.9 Å². The summed E-state index contributed by atoms with van der Waals surface area (Å²) in [7, 11) is 0. The number of Topliss-reactive ketones (excluding diaryl/α,β-unsaturated/α-hetero) is 1. The quantitative estimate of drug-likeness (QED) is 0.475. The average Bonchev–Trinajstić information content (AvgIpc) is 2.46. The number of carbonyl (C=O) groups excluding carboxylic acids is 1. The number of hydrogen-bond donors (Lipinski definition) is 0. The van der Waals surface area contributed by atoms with Crippen molar-refractivity contribution in [2.75, 3.05) is 6.26 Å². The van der Waals surface area contributed by atoms with Crippen molar-refractivity contribution in [2.24, 2.45) is 4.99 Å². The van der Waals surface area contributed by atoms with Crippen LogP contribution in [0, 0.1) is 6.92 Å². The lowest BCUT2D eigenvalue weighted by molar-refractivity contribution is 0.101. The fraction of sp³-hybridized carbons (Fsp3) is 0.235. The molecule has 1 aromatic heterocycles. The highest BCUT2D eigenvalue weighted by atomic mass is 32.2. The molecule has 2 rings (SSSR count). The van der Waals surface area contributed by atoms with Gasteiger partial charge in [-0.15, -0.1) is 11.8 Å². The van der Waals surface area contributed by atoms with Gasteiger partial charge >= 0.3 is 0 Å². The molecule has 0 aliphatic carbocycles. The van der Waals surface area contributed by atoms with Crippen LogP contribution in [-0.2, 0) is 0 Å². The predicted octanol–water partition coefficient (Wildman–Crippen LogP) is 4.46. The topological polar surface area (TPSA) is 42.3 Å². The van der Waals surface area contributed by atoms with Gasteiger partial charge in [-0.3, -0.25) is 9.79 Å². The summed E-state index contributed by atoms with van der Waals surface area (Å²) in [6.07, 6.45) is 3.77. The molecule has 1 aromatic carbocycles. The van der Waals surface area contributed by atoms with Gasteiger partial charge in [0.25, 0.3) is 0 Å². The molecule has 0 unspecified atom stereocenters. The Labute approximate surface area is 129 Å². The molecule has 0 amide bonds. The summed E-state index contributed by atoms with van der Waals surface area (Å²) in [4.78, 5) is 20.9. The summed E-state index contributed by atoms with van der Waals surface area (Å²) < 4.78 is 0. The van der Waals surface area contributed by atoms with Crippen LogP contribution in [0.5, 0.6) is 0 Å². The molecule has 108 valence electrons. The average molecular weight is 298 g/mol. The Morgan fingerprint density at radius 3 is 2.62 bits per heavy atom. The van der Waals surface area contributed by atoms with Gasteiger partial charge in [-0.1, -0.05) is 12.1 Å². The number of benzene rings is 1. The van der Waals surface area contributed by atoms with Crippen molar-refractivity contribution in [1.82, 2.24) is 4.98 Å². The zero-order valence-corrected chi connectivity index (χ0v) is 13.5. The monoisotopic (exact) mass is 298 g/mol. The fourth-order valence-corrected chi connectivity index (χ4v) is 2.88. The van der Waals surface area contributed by atoms with Crippen molar-refractivity contribution < 1.29 is 4.79 Å². The van der Waals surface area contributed by atoms with Gasteiger partial charge in [0.1, 0.15) is 5.03 Å². The summed E-state index contributed by atoms with van der Waals surface area (Å²) in [5.74, 6) is 0.0379. The molecule has 0 bridgehead atoms. The second-order valence-corrected chi connectivity index (χ2v) is 5.58. The minimum absolute atomic E-state index is 0.0379. The lowest BCUT2D eigenvalue weighted by Crippen LogP contribution is -2.01. The summed E-state index contributed by atoms with van der Waals surface area (Å²) in [6.45, 7) is 5.46. The van der Waals surface area contributed by atoms with E-state index in [1.807, 2.05) is 50.4 Å². The maximum Gasteiger partial charge on any atom is 0.162 e. The van der Waals surface area contributed by atoms with Crippen LogP contribution in [0.25, 0.3) is 0 Å². The van der Waals surface area contributed by atoms with Crippen LogP contribution in [-0.4, -0.2) is 22.7 Å². The van der Waals surface area contributed by atoms with E-state index in [0.717, 1.165) is 27.6 Å². The van der Waals surface area contributed by atoms with E-state index < -0.39 is 0 Å². The van der Waals surface area contributed by atoms with Gasteiger partial charge in [-0.25, -0.2) is 4.98 Å². The number of thioether (sulfide) groups is 1. The zero-order valence-electron chi connectivity index (χ0n) is 12.7. The van der Waals surface area contributed by atoms with E-state index in [1.54, 1.807) is 24.9 Å². The maximum atomic E-state index is 11.8. The van der Waals surface area contributed by atoms with E-state index >= 15 is 0 Å². The lowest BCUT2D eigenvalue weighted by Gasteiger charge is -2.09. The number of aryl methyl sites for hydroxylation is 1. The first-order valence-corrected chi connectivity index (χ1v) is 7.92. The van der Waals surface area contributed by atoms with Crippen LogP contribution in [0.4, 0.5) is 5.69 Å². The fourth-order valence-electron chi connectivity index (χ4n) is 2.27. The Bertz CT molecular complexity index is 708. The SMILES string of the molecule is CSc1ncccc1C(C)=Nc1cccc(C)c1C(C)=O. The standard InChI is InChI=1S/C17H18N2OS/c1-11-7-5-9-15(16(11)13(3)20)19-12(2)14-8-6-10-18-17(14)21-4/h5-10H,1-4H3. The summed E-state index contributed by atoms with van der Waals surface area (Å²) in [5, 5.41) is 0.941. The molecule has 0 fully saturated rings. The third kappa shape index (κ3) is 3.39. The zero-order chi connectivity index (χ0) is 15.4. The van der Waals surface area contributed by atoms with Crippen LogP contribution >= 0.6 is 11.8 Å². The first kappa shape index (κ1) is 15.4. The van der Waals surface area contributed by atoms with Crippen LogP contribution in [0.15, 0.2) is 46.5 Å². The van der Waals surface area contributed by atoms with Crippen molar-refractivity contribution in [1.29, 1.82) is 0 Å². The number of nitrogens with zero attached hydrogens (tertiary/aromatic N) is 2. The number of ketones is 1. The van der Waals surface area contributed by atoms with E-state index in [-0.39, 0.29) is 5.78 Å². The molecule has 0 saturated carbocycles. The largest absolute Gasteiger partial charge is 0.294 e. The normalized spacial score (nSPS) is 11.5. The Kier molecular flexibility index (Phi) is 4.91. The minimum atomic E-state index is 0.0379. The maximum absolute atomic E-state index is 11.8. The number of carbonyl (C=O) groups is 1. The third-order valence-electron chi connectivity index (χ3n) is 3.25. The molecule has 4 heteroatoms. The van der Waals surface area contributed by atoms with Crippen LogP contribution in [0.3, 0.4) is 0 Å². The van der Waals surface area contributed by atoms with Gasteiger partial charge in [-0.2, -0.15) is 0 Å². The molecule has 0 atom stereocenters. The van der Waals surface area contributed by atoms with Gasteiger partial charge in [0.05, 0.1) is 5.69 Å². The molecule has 1 heterocycles. The van der Waals surface area contributed by atoms with Crippen molar-refractivity contribution in [3.05, 3.63) is 53.2 Å². The first-order chi connectivity index (χ1) is 10.0. The number of aromatic nitrogens is 1. The van der Waals surface area contributed by atoms with Gasteiger partial charge in [0.2, 0.25) is 0 Å². The highest BCUT2D eigenvalue weighted by Crippen LogP contribution is 2.25. The second-order valence-electron chi connectivity index (χ2n) is 4.78. The Hall–Kier alpha value is -1.94. The highest BCUT2D eigenvalue weighted by Gasteiger charge is 2.11.